The molecule has 1 aliphatic rings. The summed E-state index contributed by atoms with van der Waals surface area (Å²) in [6, 6.07) is 33.6. The molecule has 2 amide bonds. The Morgan fingerprint density at radius 3 is 1.94 bits per heavy atom. The number of aliphatic carboxylic acids is 1. The number of benzene rings is 4. The number of carbonyl (C=O) groups is 3. The van der Waals surface area contributed by atoms with Crippen molar-refractivity contribution in [3.05, 3.63) is 131 Å². The number of ether oxygens (including phenoxy) is 4. The van der Waals surface area contributed by atoms with E-state index in [1.54, 1.807) is 32.0 Å². The molecule has 1 heterocycles. The van der Waals surface area contributed by atoms with Gasteiger partial charge in [-0.1, -0.05) is 97.1 Å². The first-order chi connectivity index (χ1) is 24.2. The number of para-hydroxylation sites is 1. The number of carboxylic acids is 1. The number of amides is 2. The molecule has 0 spiro atoms. The first kappa shape index (κ1) is 35.9. The normalized spacial score (nSPS) is 16.4. The maximum Gasteiger partial charge on any atom is 0.412 e. The predicted octanol–water partition coefficient (Wildman–Crippen LogP) is 7.36. The first-order valence-electron chi connectivity index (χ1n) is 16.9. The predicted molar refractivity (Wildman–Crippen MR) is 188 cm³/mol. The highest BCUT2D eigenvalue weighted by atomic mass is 16.6. The van der Waals surface area contributed by atoms with Gasteiger partial charge < -0.3 is 29.4 Å². The summed E-state index contributed by atoms with van der Waals surface area (Å²) in [6.45, 7) is 4.49. The Hall–Kier alpha value is -5.35. The Balaban J connectivity index is 1.21. The number of nitrogens with one attached hydrogen (secondary N) is 1. The largest absolute Gasteiger partial charge is 0.485 e. The molecular formula is C40H44N2O8. The van der Waals surface area contributed by atoms with Crippen molar-refractivity contribution in [1.29, 1.82) is 0 Å². The van der Waals surface area contributed by atoms with E-state index in [0.29, 0.717) is 49.5 Å². The van der Waals surface area contributed by atoms with E-state index in [2.05, 4.69) is 5.32 Å². The van der Waals surface area contributed by atoms with Gasteiger partial charge in [-0.15, -0.1) is 0 Å². The molecule has 1 fully saturated rings. The molecule has 4 aromatic rings. The van der Waals surface area contributed by atoms with Crippen LogP contribution in [0, 0.1) is 0 Å². The van der Waals surface area contributed by atoms with Gasteiger partial charge in [0.25, 0.3) is 5.91 Å². The topological polar surface area (TPSA) is 124 Å². The molecule has 0 saturated carbocycles. The van der Waals surface area contributed by atoms with E-state index in [9.17, 15) is 19.5 Å². The average Bonchev–Trinajstić information content (AvgIpc) is 3.37. The summed E-state index contributed by atoms with van der Waals surface area (Å²) in [5.41, 5.74) is 2.08. The van der Waals surface area contributed by atoms with Gasteiger partial charge in [-0.2, -0.15) is 0 Å². The lowest BCUT2D eigenvalue weighted by molar-refractivity contribution is -0.141. The molecule has 0 bridgehead atoms. The number of nitrogens with zero attached hydrogens (tertiary/aromatic N) is 1. The van der Waals surface area contributed by atoms with Crippen molar-refractivity contribution in [2.24, 2.45) is 0 Å². The van der Waals surface area contributed by atoms with E-state index >= 15 is 0 Å². The number of hydrogen-bond donors (Lipinski definition) is 2. The SMILES string of the molecule is CC1(C)O[C@@H](CC(=O)O)[C@H](CCCCNC(=O)c2cccc(OCc3ccccc3)c2OCc2ccccc2)N1C(=O)OCc1ccccc1. The Labute approximate surface area is 292 Å². The molecule has 10 heteroatoms. The van der Waals surface area contributed by atoms with Crippen molar-refractivity contribution in [2.45, 2.75) is 77.2 Å². The molecule has 0 aliphatic carbocycles. The van der Waals surface area contributed by atoms with E-state index in [4.69, 9.17) is 18.9 Å². The van der Waals surface area contributed by atoms with Gasteiger partial charge >= 0.3 is 12.1 Å². The Bertz CT molecular complexity index is 1700. The fourth-order valence-corrected chi connectivity index (χ4v) is 6.08. The Morgan fingerprint density at radius 1 is 0.760 bits per heavy atom. The van der Waals surface area contributed by atoms with Gasteiger partial charge in [0.15, 0.2) is 11.5 Å². The quantitative estimate of drug-likeness (QED) is 0.118. The minimum Gasteiger partial charge on any atom is -0.485 e. The van der Waals surface area contributed by atoms with Crippen molar-refractivity contribution in [2.75, 3.05) is 6.54 Å². The van der Waals surface area contributed by atoms with Crippen LogP contribution in [0.1, 0.15) is 66.6 Å². The molecule has 0 unspecified atom stereocenters. The van der Waals surface area contributed by atoms with Gasteiger partial charge in [-0.25, -0.2) is 4.79 Å². The molecule has 0 radical (unpaired) electrons. The van der Waals surface area contributed by atoms with E-state index < -0.39 is 29.9 Å². The third-order valence-electron chi connectivity index (χ3n) is 8.46. The van der Waals surface area contributed by atoms with Crippen LogP contribution in [0.3, 0.4) is 0 Å². The zero-order valence-corrected chi connectivity index (χ0v) is 28.5. The molecule has 1 aliphatic heterocycles. The maximum absolute atomic E-state index is 13.5. The van der Waals surface area contributed by atoms with Crippen LogP contribution in [0.15, 0.2) is 109 Å². The summed E-state index contributed by atoms with van der Waals surface area (Å²) >= 11 is 0. The smallest absolute Gasteiger partial charge is 0.412 e. The highest BCUT2D eigenvalue weighted by Crippen LogP contribution is 2.37. The molecule has 5 rings (SSSR count). The molecule has 50 heavy (non-hydrogen) atoms. The second kappa shape index (κ2) is 17.3. The number of unbranched alkanes of at least 4 members (excludes halogenated alkanes) is 1. The van der Waals surface area contributed by atoms with Gasteiger partial charge in [-0.3, -0.25) is 14.5 Å². The third-order valence-corrected chi connectivity index (χ3v) is 8.46. The van der Waals surface area contributed by atoms with Crippen LogP contribution in [0.2, 0.25) is 0 Å². The molecule has 0 aromatic heterocycles. The maximum atomic E-state index is 13.5. The monoisotopic (exact) mass is 680 g/mol. The third kappa shape index (κ3) is 9.85. The summed E-state index contributed by atoms with van der Waals surface area (Å²) in [5, 5.41) is 12.6. The lowest BCUT2D eigenvalue weighted by atomic mass is 10.0. The minimum atomic E-state index is -1.06. The van der Waals surface area contributed by atoms with E-state index in [-0.39, 0.29) is 25.5 Å². The molecule has 2 N–H and O–H groups in total. The molecule has 262 valence electrons. The lowest BCUT2D eigenvalue weighted by Gasteiger charge is -2.33. The van der Waals surface area contributed by atoms with E-state index in [1.807, 2.05) is 91.0 Å². The van der Waals surface area contributed by atoms with Crippen LogP contribution in [-0.4, -0.2) is 52.4 Å². The molecule has 2 atom stereocenters. The van der Waals surface area contributed by atoms with Gasteiger partial charge in [0.1, 0.15) is 25.5 Å². The van der Waals surface area contributed by atoms with Gasteiger partial charge in [0.2, 0.25) is 0 Å². The van der Waals surface area contributed by atoms with Gasteiger partial charge in [0, 0.05) is 6.54 Å². The van der Waals surface area contributed by atoms with Crippen LogP contribution in [0.4, 0.5) is 4.79 Å². The van der Waals surface area contributed by atoms with E-state index in [0.717, 1.165) is 16.7 Å². The molecule has 1 saturated heterocycles. The van der Waals surface area contributed by atoms with Crippen molar-refractivity contribution in [3.8, 4) is 11.5 Å². The zero-order chi connectivity index (χ0) is 35.3. The Morgan fingerprint density at radius 2 is 1.34 bits per heavy atom. The molecule has 4 aromatic carbocycles. The summed E-state index contributed by atoms with van der Waals surface area (Å²) in [4.78, 5) is 40.1. The standard InChI is InChI=1S/C40H44N2O8/c1-40(2)42(39(46)49-28-31-19-10-5-11-20-31)33(35(50-40)25-36(43)44)22-12-13-24-41-38(45)32-21-14-23-34(47-26-29-15-6-3-7-16-29)37(32)48-27-30-17-8-4-9-18-30/h3-11,14-21,23,33,35H,12-13,22,24-28H2,1-2H3,(H,41,45)(H,43,44)/t33-,35-/m0/s1. The first-order valence-corrected chi connectivity index (χ1v) is 16.9. The van der Waals surface area contributed by atoms with Gasteiger partial charge in [0.05, 0.1) is 24.1 Å². The van der Waals surface area contributed by atoms with E-state index in [1.165, 1.54) is 4.90 Å². The summed E-state index contributed by atoms with van der Waals surface area (Å²) in [7, 11) is 0. The van der Waals surface area contributed by atoms with Crippen LogP contribution in [0.5, 0.6) is 11.5 Å². The van der Waals surface area contributed by atoms with Crippen LogP contribution in [-0.2, 0) is 34.1 Å². The van der Waals surface area contributed by atoms with Crippen LogP contribution in [0.25, 0.3) is 0 Å². The summed E-state index contributed by atoms with van der Waals surface area (Å²) in [5.74, 6) is -0.498. The second-order valence-corrected chi connectivity index (χ2v) is 12.6. The number of carbonyl (C=O) groups excluding carboxylic acids is 2. The second-order valence-electron chi connectivity index (χ2n) is 12.6. The van der Waals surface area contributed by atoms with Crippen molar-refractivity contribution >= 4 is 18.0 Å². The highest BCUT2D eigenvalue weighted by molar-refractivity contribution is 5.97. The minimum absolute atomic E-state index is 0.0874. The average molecular weight is 681 g/mol. The van der Waals surface area contributed by atoms with Crippen LogP contribution >= 0.6 is 0 Å². The number of hydrogen-bond acceptors (Lipinski definition) is 7. The molecule has 10 nitrogen and oxygen atoms in total. The summed E-state index contributed by atoms with van der Waals surface area (Å²) < 4.78 is 24.1. The zero-order valence-electron chi connectivity index (χ0n) is 28.5. The highest BCUT2D eigenvalue weighted by Gasteiger charge is 2.50. The van der Waals surface area contributed by atoms with Crippen molar-refractivity contribution < 1.29 is 38.4 Å². The molecular weight excluding hydrogens is 636 g/mol. The van der Waals surface area contributed by atoms with Crippen molar-refractivity contribution in [1.82, 2.24) is 10.2 Å². The lowest BCUT2D eigenvalue weighted by Crippen LogP contribution is -2.48. The number of rotatable bonds is 16. The number of carboxylic acid groups (broad SMARTS) is 1. The van der Waals surface area contributed by atoms with Crippen molar-refractivity contribution in [3.63, 3.8) is 0 Å². The Kier molecular flexibility index (Phi) is 12.5. The summed E-state index contributed by atoms with van der Waals surface area (Å²) in [6.07, 6.45) is 0.125. The van der Waals surface area contributed by atoms with Gasteiger partial charge in [-0.05, 0) is 61.9 Å². The fraction of sp³-hybridized carbons (Fsp3) is 0.325. The fourth-order valence-electron chi connectivity index (χ4n) is 6.08. The van der Waals surface area contributed by atoms with Crippen LogP contribution < -0.4 is 14.8 Å².